The third kappa shape index (κ3) is 5.01. The van der Waals surface area contributed by atoms with E-state index in [-0.39, 0.29) is 5.78 Å². The van der Waals surface area contributed by atoms with Crippen LogP contribution in [0.25, 0.3) is 0 Å². The molecule has 0 radical (unpaired) electrons. The van der Waals surface area contributed by atoms with Gasteiger partial charge in [-0.05, 0) is 44.9 Å². The van der Waals surface area contributed by atoms with Gasteiger partial charge < -0.3 is 4.74 Å². The fourth-order valence-electron chi connectivity index (χ4n) is 2.29. The van der Waals surface area contributed by atoms with E-state index in [4.69, 9.17) is 10.00 Å². The summed E-state index contributed by atoms with van der Waals surface area (Å²) in [5.41, 5.74) is 0.311. The summed E-state index contributed by atoms with van der Waals surface area (Å²) in [6.07, 6.45) is 8.66. The Morgan fingerprint density at radius 2 is 2.06 bits per heavy atom. The summed E-state index contributed by atoms with van der Waals surface area (Å²) in [6, 6.07) is 1.98. The van der Waals surface area contributed by atoms with Crippen LogP contribution >= 0.6 is 0 Å². The standard InChI is InChI=1S/C15H23NO2/c1-3-4-9-18-15-7-5-13(6-8-15)10-14(11-16)12(2)17/h10,13,15H,3-9H2,1-2H3. The fraction of sp³-hybridized carbons (Fsp3) is 0.733. The van der Waals surface area contributed by atoms with Gasteiger partial charge in [-0.1, -0.05) is 19.4 Å². The number of unbranched alkanes of at least 4 members (excludes halogenated alkanes) is 1. The van der Waals surface area contributed by atoms with E-state index >= 15 is 0 Å². The first-order chi connectivity index (χ1) is 8.67. The first kappa shape index (κ1) is 14.9. The van der Waals surface area contributed by atoms with Crippen molar-refractivity contribution < 1.29 is 9.53 Å². The Hall–Kier alpha value is -1.14. The number of nitrogens with zero attached hydrogens (tertiary/aromatic N) is 1. The third-order valence-electron chi connectivity index (χ3n) is 3.47. The number of ether oxygens (including phenoxy) is 1. The Kier molecular flexibility index (Phi) is 6.67. The molecule has 1 saturated carbocycles. The van der Waals surface area contributed by atoms with Crippen LogP contribution in [0.4, 0.5) is 0 Å². The van der Waals surface area contributed by atoms with Crippen LogP contribution in [0.2, 0.25) is 0 Å². The van der Waals surface area contributed by atoms with E-state index in [9.17, 15) is 4.79 Å². The topological polar surface area (TPSA) is 50.1 Å². The summed E-state index contributed by atoms with van der Waals surface area (Å²) in [5.74, 6) is 0.244. The van der Waals surface area contributed by atoms with Gasteiger partial charge in [0.15, 0.2) is 5.78 Å². The highest BCUT2D eigenvalue weighted by atomic mass is 16.5. The average Bonchev–Trinajstić information content (AvgIpc) is 2.37. The largest absolute Gasteiger partial charge is 0.378 e. The Balaban J connectivity index is 2.35. The first-order valence-electron chi connectivity index (χ1n) is 6.91. The van der Waals surface area contributed by atoms with Gasteiger partial charge in [-0.15, -0.1) is 0 Å². The molecule has 18 heavy (non-hydrogen) atoms. The summed E-state index contributed by atoms with van der Waals surface area (Å²) in [6.45, 7) is 4.48. The molecule has 0 aromatic heterocycles. The predicted octanol–water partition coefficient (Wildman–Crippen LogP) is 3.40. The van der Waals surface area contributed by atoms with Crippen molar-refractivity contribution in [1.82, 2.24) is 0 Å². The molecule has 1 aliphatic carbocycles. The Morgan fingerprint density at radius 3 is 2.56 bits per heavy atom. The molecule has 3 heteroatoms. The van der Waals surface area contributed by atoms with Crippen LogP contribution in [-0.2, 0) is 9.53 Å². The molecule has 0 atom stereocenters. The smallest absolute Gasteiger partial charge is 0.169 e. The zero-order valence-corrected chi connectivity index (χ0v) is 11.4. The molecule has 0 heterocycles. The lowest BCUT2D eigenvalue weighted by atomic mass is 9.86. The van der Waals surface area contributed by atoms with Gasteiger partial charge in [0.05, 0.1) is 11.7 Å². The second kappa shape index (κ2) is 8.05. The Morgan fingerprint density at radius 1 is 1.39 bits per heavy atom. The van der Waals surface area contributed by atoms with E-state index < -0.39 is 0 Å². The van der Waals surface area contributed by atoms with Crippen molar-refractivity contribution in [2.75, 3.05) is 6.61 Å². The molecule has 0 spiro atoms. The van der Waals surface area contributed by atoms with Crippen molar-refractivity contribution in [3.05, 3.63) is 11.6 Å². The molecule has 3 nitrogen and oxygen atoms in total. The number of carbonyl (C=O) groups excluding carboxylic acids is 1. The highest BCUT2D eigenvalue weighted by molar-refractivity contribution is 5.97. The quantitative estimate of drug-likeness (QED) is 0.412. The molecule has 0 N–H and O–H groups in total. The van der Waals surface area contributed by atoms with Crippen molar-refractivity contribution in [2.45, 2.75) is 58.5 Å². The number of carbonyl (C=O) groups is 1. The van der Waals surface area contributed by atoms with Gasteiger partial charge in [0.1, 0.15) is 6.07 Å². The lowest BCUT2D eigenvalue weighted by molar-refractivity contribution is -0.113. The van der Waals surface area contributed by atoms with E-state index in [2.05, 4.69) is 6.92 Å². The summed E-state index contributed by atoms with van der Waals surface area (Å²) in [7, 11) is 0. The Labute approximate surface area is 110 Å². The van der Waals surface area contributed by atoms with Crippen molar-refractivity contribution in [3.63, 3.8) is 0 Å². The van der Waals surface area contributed by atoms with E-state index in [1.54, 1.807) is 0 Å². The van der Waals surface area contributed by atoms with Crippen LogP contribution in [0.3, 0.4) is 0 Å². The number of hydrogen-bond donors (Lipinski definition) is 0. The molecule has 1 rings (SSSR count). The summed E-state index contributed by atoms with van der Waals surface area (Å²) in [5, 5.41) is 8.86. The van der Waals surface area contributed by atoms with Crippen molar-refractivity contribution in [3.8, 4) is 6.07 Å². The van der Waals surface area contributed by atoms with Crippen molar-refractivity contribution in [2.24, 2.45) is 5.92 Å². The van der Waals surface area contributed by atoms with E-state index in [0.717, 1.165) is 38.7 Å². The van der Waals surface area contributed by atoms with Crippen LogP contribution in [-0.4, -0.2) is 18.5 Å². The zero-order chi connectivity index (χ0) is 13.4. The first-order valence-corrected chi connectivity index (χ1v) is 6.91. The minimum Gasteiger partial charge on any atom is -0.378 e. The van der Waals surface area contributed by atoms with Crippen LogP contribution in [0.15, 0.2) is 11.6 Å². The Bertz CT molecular complexity index is 333. The van der Waals surface area contributed by atoms with Gasteiger partial charge in [-0.25, -0.2) is 0 Å². The highest BCUT2D eigenvalue weighted by Gasteiger charge is 2.21. The summed E-state index contributed by atoms with van der Waals surface area (Å²) < 4.78 is 5.80. The molecular weight excluding hydrogens is 226 g/mol. The van der Waals surface area contributed by atoms with Crippen LogP contribution in [0.1, 0.15) is 52.4 Å². The van der Waals surface area contributed by atoms with E-state index in [1.165, 1.54) is 13.3 Å². The molecule has 0 aliphatic heterocycles. The number of allylic oxidation sites excluding steroid dienone is 2. The van der Waals surface area contributed by atoms with Gasteiger partial charge in [0, 0.05) is 6.61 Å². The molecule has 100 valence electrons. The monoisotopic (exact) mass is 249 g/mol. The van der Waals surface area contributed by atoms with E-state index in [1.807, 2.05) is 12.1 Å². The molecular formula is C15H23NO2. The maximum Gasteiger partial charge on any atom is 0.169 e. The minimum atomic E-state index is -0.126. The van der Waals surface area contributed by atoms with Crippen LogP contribution in [0.5, 0.6) is 0 Å². The predicted molar refractivity (Wildman–Crippen MR) is 71.0 cm³/mol. The third-order valence-corrected chi connectivity index (χ3v) is 3.47. The molecule has 1 aliphatic rings. The molecule has 0 aromatic rings. The van der Waals surface area contributed by atoms with Gasteiger partial charge in [0.25, 0.3) is 0 Å². The summed E-state index contributed by atoms with van der Waals surface area (Å²) in [4.78, 5) is 11.2. The van der Waals surface area contributed by atoms with Gasteiger partial charge in [-0.2, -0.15) is 5.26 Å². The normalized spacial score (nSPS) is 24.6. The van der Waals surface area contributed by atoms with Gasteiger partial charge in [-0.3, -0.25) is 4.79 Å². The number of ketones is 1. The summed E-state index contributed by atoms with van der Waals surface area (Å²) >= 11 is 0. The zero-order valence-electron chi connectivity index (χ0n) is 11.4. The van der Waals surface area contributed by atoms with Crippen LogP contribution in [0, 0.1) is 17.2 Å². The van der Waals surface area contributed by atoms with Gasteiger partial charge in [0.2, 0.25) is 0 Å². The van der Waals surface area contributed by atoms with Crippen LogP contribution < -0.4 is 0 Å². The number of nitriles is 1. The molecule has 0 saturated heterocycles. The molecule has 1 fully saturated rings. The lowest BCUT2D eigenvalue weighted by Gasteiger charge is -2.27. The average molecular weight is 249 g/mol. The molecule has 0 unspecified atom stereocenters. The SMILES string of the molecule is CCCCOC1CCC(C=C(C#N)C(C)=O)CC1. The molecule has 0 bridgehead atoms. The maximum atomic E-state index is 11.2. The van der Waals surface area contributed by atoms with Crippen molar-refractivity contribution in [1.29, 1.82) is 5.26 Å². The second-order valence-corrected chi connectivity index (χ2v) is 5.01. The molecule has 0 amide bonds. The maximum absolute atomic E-state index is 11.2. The minimum absolute atomic E-state index is 0.126. The number of hydrogen-bond acceptors (Lipinski definition) is 3. The highest BCUT2D eigenvalue weighted by Crippen LogP contribution is 2.28. The second-order valence-electron chi connectivity index (χ2n) is 5.01. The van der Waals surface area contributed by atoms with Crippen molar-refractivity contribution >= 4 is 5.78 Å². The number of Topliss-reactive ketones (excluding diaryl/α,β-unsaturated/α-hetero) is 1. The number of rotatable bonds is 6. The van der Waals surface area contributed by atoms with E-state index in [0.29, 0.717) is 17.6 Å². The lowest BCUT2D eigenvalue weighted by Crippen LogP contribution is -2.21. The van der Waals surface area contributed by atoms with Gasteiger partial charge >= 0.3 is 0 Å². The fourth-order valence-corrected chi connectivity index (χ4v) is 2.29. The molecule has 0 aromatic carbocycles.